The van der Waals surface area contributed by atoms with E-state index in [9.17, 15) is 23.5 Å². The molecular formula is C32H30F2N2O6. The number of hydrogen-bond acceptors (Lipinski definition) is 6. The SMILES string of the molecule is Cc1ccc2c(c1)O[C@@H](c1cccc(C(=O)N3CC[C@@H](O)C3)c1)C[C@H]2NC(=O)C1(c2ccc3c(c2)OC(F)(F)O3)CC1. The van der Waals surface area contributed by atoms with Crippen molar-refractivity contribution < 1.29 is 37.7 Å². The van der Waals surface area contributed by atoms with Crippen molar-refractivity contribution in [3.8, 4) is 17.2 Å². The van der Waals surface area contributed by atoms with Gasteiger partial charge in [-0.15, -0.1) is 8.78 Å². The Morgan fingerprint density at radius 1 is 1.00 bits per heavy atom. The Bertz CT molecular complexity index is 1590. The minimum absolute atomic E-state index is 0.0573. The predicted octanol–water partition coefficient (Wildman–Crippen LogP) is 4.94. The summed E-state index contributed by atoms with van der Waals surface area (Å²) in [5.74, 6) is 0.190. The molecule has 7 rings (SSSR count). The Balaban J connectivity index is 1.14. The summed E-state index contributed by atoms with van der Waals surface area (Å²) in [7, 11) is 0. The van der Waals surface area contributed by atoms with E-state index in [1.807, 2.05) is 43.3 Å². The highest BCUT2D eigenvalue weighted by Gasteiger charge is 2.53. The largest absolute Gasteiger partial charge is 0.586 e. The number of aliphatic hydroxyl groups is 1. The van der Waals surface area contributed by atoms with Crippen LogP contribution in [0.5, 0.6) is 17.2 Å². The van der Waals surface area contributed by atoms with E-state index < -0.39 is 23.9 Å². The normalized spacial score (nSPS) is 24.5. The second-order valence-electron chi connectivity index (χ2n) is 11.6. The van der Waals surface area contributed by atoms with Crippen molar-refractivity contribution in [3.63, 3.8) is 0 Å². The minimum Gasteiger partial charge on any atom is -0.485 e. The number of carbonyl (C=O) groups is 2. The summed E-state index contributed by atoms with van der Waals surface area (Å²) in [4.78, 5) is 28.6. The van der Waals surface area contributed by atoms with Crippen LogP contribution in [0.15, 0.2) is 60.7 Å². The van der Waals surface area contributed by atoms with Gasteiger partial charge in [0.15, 0.2) is 11.5 Å². The van der Waals surface area contributed by atoms with Crippen molar-refractivity contribution in [2.24, 2.45) is 0 Å². The van der Waals surface area contributed by atoms with Gasteiger partial charge < -0.3 is 29.5 Å². The summed E-state index contributed by atoms with van der Waals surface area (Å²) in [5, 5.41) is 13.1. The molecule has 4 aliphatic rings. The Morgan fingerprint density at radius 3 is 2.57 bits per heavy atom. The highest BCUT2D eigenvalue weighted by atomic mass is 19.3. The van der Waals surface area contributed by atoms with Crippen molar-refractivity contribution in [2.75, 3.05) is 13.1 Å². The van der Waals surface area contributed by atoms with Crippen LogP contribution in [-0.2, 0) is 10.2 Å². The van der Waals surface area contributed by atoms with Crippen molar-refractivity contribution >= 4 is 11.8 Å². The van der Waals surface area contributed by atoms with E-state index in [-0.39, 0.29) is 29.4 Å². The summed E-state index contributed by atoms with van der Waals surface area (Å²) in [6.07, 6.45) is -2.49. The number of nitrogens with zero attached hydrogens (tertiary/aromatic N) is 1. The predicted molar refractivity (Wildman–Crippen MR) is 147 cm³/mol. The molecule has 42 heavy (non-hydrogen) atoms. The standard InChI is InChI=1S/C32H30F2N2O6/c1-18-5-7-23-24(35-30(39)31(10-11-31)21-6-8-25-28(15-21)42-32(33,34)41-25)16-26(40-27(23)13-18)19-3-2-4-20(14-19)29(38)36-12-9-22(37)17-36/h2-8,13-15,22,24,26,37H,9-12,16-17H2,1H3,(H,35,39)/t22-,24-,26-/m1/s1. The third-order valence-electron chi connectivity index (χ3n) is 8.66. The van der Waals surface area contributed by atoms with E-state index in [1.165, 1.54) is 12.1 Å². The zero-order valence-electron chi connectivity index (χ0n) is 22.9. The fourth-order valence-electron chi connectivity index (χ4n) is 6.21. The average molecular weight is 577 g/mol. The number of benzene rings is 3. The van der Waals surface area contributed by atoms with Gasteiger partial charge in [0.05, 0.1) is 17.6 Å². The molecule has 2 amide bonds. The molecule has 0 bridgehead atoms. The lowest BCUT2D eigenvalue weighted by atomic mass is 9.89. The van der Waals surface area contributed by atoms with Gasteiger partial charge in [0.25, 0.3) is 5.91 Å². The zero-order valence-corrected chi connectivity index (χ0v) is 22.9. The number of likely N-dealkylation sites (tertiary alicyclic amines) is 1. The molecule has 3 atom stereocenters. The molecule has 8 nitrogen and oxygen atoms in total. The lowest BCUT2D eigenvalue weighted by Gasteiger charge is -2.34. The van der Waals surface area contributed by atoms with E-state index in [4.69, 9.17) is 4.74 Å². The fourth-order valence-corrected chi connectivity index (χ4v) is 6.21. The van der Waals surface area contributed by atoms with Gasteiger partial charge in [-0.3, -0.25) is 9.59 Å². The van der Waals surface area contributed by atoms with Crippen LogP contribution in [-0.4, -0.2) is 47.3 Å². The molecule has 1 saturated carbocycles. The van der Waals surface area contributed by atoms with Gasteiger partial charge in [-0.2, -0.15) is 0 Å². The average Bonchev–Trinajstić information content (AvgIpc) is 3.56. The number of aryl methyl sites for hydroxylation is 1. The molecule has 3 aromatic rings. The van der Waals surface area contributed by atoms with E-state index in [1.54, 1.807) is 17.0 Å². The summed E-state index contributed by atoms with van der Waals surface area (Å²) in [5.41, 5.74) is 2.94. The second kappa shape index (κ2) is 9.69. The summed E-state index contributed by atoms with van der Waals surface area (Å²) in [6.45, 7) is 2.79. The maximum Gasteiger partial charge on any atom is 0.586 e. The second-order valence-corrected chi connectivity index (χ2v) is 11.6. The van der Waals surface area contributed by atoms with Crippen molar-refractivity contribution in [1.82, 2.24) is 10.2 Å². The number of nitrogens with one attached hydrogen (secondary N) is 1. The van der Waals surface area contributed by atoms with E-state index in [0.29, 0.717) is 55.6 Å². The number of amides is 2. The van der Waals surface area contributed by atoms with Crippen molar-refractivity contribution in [1.29, 1.82) is 0 Å². The fraction of sp³-hybridized carbons (Fsp3) is 0.375. The maximum atomic E-state index is 13.8. The highest BCUT2D eigenvalue weighted by molar-refractivity contribution is 5.94. The van der Waals surface area contributed by atoms with Crippen LogP contribution in [0, 0.1) is 6.92 Å². The first kappa shape index (κ1) is 26.7. The Hall–Kier alpha value is -4.18. The molecule has 1 saturated heterocycles. The molecule has 2 N–H and O–H groups in total. The van der Waals surface area contributed by atoms with Gasteiger partial charge in [0.2, 0.25) is 5.91 Å². The van der Waals surface area contributed by atoms with Gasteiger partial charge in [0, 0.05) is 30.6 Å². The van der Waals surface area contributed by atoms with E-state index >= 15 is 0 Å². The van der Waals surface area contributed by atoms with Crippen LogP contribution in [0.2, 0.25) is 0 Å². The van der Waals surface area contributed by atoms with E-state index in [0.717, 1.165) is 16.7 Å². The topological polar surface area (TPSA) is 97.3 Å². The first-order valence-corrected chi connectivity index (χ1v) is 14.2. The van der Waals surface area contributed by atoms with Crippen LogP contribution in [0.1, 0.15) is 70.4 Å². The summed E-state index contributed by atoms with van der Waals surface area (Å²) < 4.78 is 42.8. The minimum atomic E-state index is -3.73. The van der Waals surface area contributed by atoms with Crippen LogP contribution >= 0.6 is 0 Å². The molecule has 10 heteroatoms. The van der Waals surface area contributed by atoms with Gasteiger partial charge in [-0.25, -0.2) is 0 Å². The smallest absolute Gasteiger partial charge is 0.485 e. The quantitative estimate of drug-likeness (QED) is 0.447. The number of rotatable bonds is 5. The third kappa shape index (κ3) is 4.73. The molecule has 218 valence electrons. The molecule has 0 spiro atoms. The monoisotopic (exact) mass is 576 g/mol. The van der Waals surface area contributed by atoms with Crippen molar-refractivity contribution in [3.05, 3.63) is 88.5 Å². The van der Waals surface area contributed by atoms with Gasteiger partial charge in [-0.1, -0.05) is 30.3 Å². The number of fused-ring (bicyclic) bond motifs is 2. The first-order valence-electron chi connectivity index (χ1n) is 14.2. The van der Waals surface area contributed by atoms with Gasteiger partial charge in [-0.05, 0) is 73.2 Å². The molecule has 2 fully saturated rings. The van der Waals surface area contributed by atoms with Gasteiger partial charge >= 0.3 is 6.29 Å². The number of hydrogen-bond donors (Lipinski definition) is 2. The van der Waals surface area contributed by atoms with Crippen molar-refractivity contribution in [2.45, 2.75) is 62.6 Å². The van der Waals surface area contributed by atoms with Crippen LogP contribution < -0.4 is 19.5 Å². The molecule has 0 aromatic heterocycles. The zero-order chi connectivity index (χ0) is 29.2. The Kier molecular flexibility index (Phi) is 6.16. The maximum absolute atomic E-state index is 13.8. The number of carbonyl (C=O) groups excluding carboxylic acids is 2. The molecule has 1 aliphatic carbocycles. The molecule has 3 aliphatic heterocycles. The molecule has 3 heterocycles. The number of alkyl halides is 2. The van der Waals surface area contributed by atoms with Gasteiger partial charge in [0.1, 0.15) is 11.9 Å². The van der Waals surface area contributed by atoms with Crippen LogP contribution in [0.25, 0.3) is 0 Å². The number of halogens is 2. The number of β-amino-alcohol motifs (C(OH)–C–C–N with tert-alkyl or cyclic N) is 1. The Morgan fingerprint density at radius 2 is 1.81 bits per heavy atom. The van der Waals surface area contributed by atoms with E-state index in [2.05, 4.69) is 14.8 Å². The molecule has 0 radical (unpaired) electrons. The summed E-state index contributed by atoms with van der Waals surface area (Å²) in [6, 6.07) is 17.3. The Labute approximate surface area is 241 Å². The third-order valence-corrected chi connectivity index (χ3v) is 8.66. The lowest BCUT2D eigenvalue weighted by molar-refractivity contribution is -0.286. The first-order chi connectivity index (χ1) is 20.1. The lowest BCUT2D eigenvalue weighted by Crippen LogP contribution is -2.39. The molecule has 3 aromatic carbocycles. The highest BCUT2D eigenvalue weighted by Crippen LogP contribution is 2.52. The molecular weight excluding hydrogens is 546 g/mol. The number of ether oxygens (including phenoxy) is 3. The molecule has 0 unspecified atom stereocenters. The van der Waals surface area contributed by atoms with Crippen LogP contribution in [0.3, 0.4) is 0 Å². The number of aliphatic hydroxyl groups excluding tert-OH is 1. The van der Waals surface area contributed by atoms with Crippen LogP contribution in [0.4, 0.5) is 8.78 Å². The summed E-state index contributed by atoms with van der Waals surface area (Å²) >= 11 is 0.